The molecule has 1 N–H and O–H groups in total. The highest BCUT2D eigenvalue weighted by Gasteiger charge is 2.31. The number of morpholine rings is 1. The van der Waals surface area contributed by atoms with Crippen LogP contribution >= 0.6 is 0 Å². The van der Waals surface area contributed by atoms with Crippen molar-refractivity contribution in [1.82, 2.24) is 10.2 Å². The molecule has 0 unspecified atom stereocenters. The number of ether oxygens (including phenoxy) is 2. The third-order valence-electron chi connectivity index (χ3n) is 5.68. The highest BCUT2D eigenvalue weighted by molar-refractivity contribution is 5.96. The number of nitrogens with zero attached hydrogens (tertiary/aromatic N) is 2. The predicted octanol–water partition coefficient (Wildman–Crippen LogP) is 1.42. The van der Waals surface area contributed by atoms with Gasteiger partial charge in [-0.05, 0) is 37.5 Å². The molecule has 2 fully saturated rings. The van der Waals surface area contributed by atoms with E-state index in [1.54, 1.807) is 4.90 Å². The molecule has 3 aliphatic rings. The van der Waals surface area contributed by atoms with Crippen LogP contribution in [0.1, 0.15) is 36.0 Å². The fraction of sp³-hybridized carbons (Fsp3) is 0.600. The molecule has 0 radical (unpaired) electrons. The highest BCUT2D eigenvalue weighted by atomic mass is 16.5. The molecule has 1 aromatic carbocycles. The Hall–Kier alpha value is -2.28. The number of amides is 2. The lowest BCUT2D eigenvalue weighted by Crippen LogP contribution is -2.51. The first-order chi connectivity index (χ1) is 13.1. The molecule has 0 bridgehead atoms. The van der Waals surface area contributed by atoms with Crippen molar-refractivity contribution in [3.05, 3.63) is 23.8 Å². The molecule has 4 rings (SSSR count). The average molecular weight is 373 g/mol. The monoisotopic (exact) mass is 373 g/mol. The largest absolute Gasteiger partial charge is 0.490 e. The first-order valence-electron chi connectivity index (χ1n) is 9.78. The molecule has 1 aliphatic carbocycles. The molecular formula is C20H27N3O4. The molecule has 1 atom stereocenters. The van der Waals surface area contributed by atoms with E-state index in [0.29, 0.717) is 38.0 Å². The van der Waals surface area contributed by atoms with Crippen LogP contribution in [0, 0.1) is 0 Å². The van der Waals surface area contributed by atoms with Crippen molar-refractivity contribution >= 4 is 17.5 Å². The Morgan fingerprint density at radius 1 is 1.22 bits per heavy atom. The van der Waals surface area contributed by atoms with Gasteiger partial charge in [0.25, 0.3) is 5.91 Å². The number of fused-ring (bicyclic) bond motifs is 1. The Bertz CT molecular complexity index is 719. The van der Waals surface area contributed by atoms with Crippen LogP contribution in [-0.2, 0) is 9.53 Å². The molecular weight excluding hydrogens is 346 g/mol. The number of carbonyl (C=O) groups is 2. The lowest BCUT2D eigenvalue weighted by Gasteiger charge is -2.36. The molecule has 2 aliphatic heterocycles. The van der Waals surface area contributed by atoms with Gasteiger partial charge in [-0.1, -0.05) is 0 Å². The molecule has 7 heteroatoms. The lowest BCUT2D eigenvalue weighted by molar-refractivity contribution is -0.124. The number of rotatable bonds is 4. The summed E-state index contributed by atoms with van der Waals surface area (Å²) in [6.07, 6.45) is 3.57. The van der Waals surface area contributed by atoms with Gasteiger partial charge in [0.15, 0.2) is 0 Å². The van der Waals surface area contributed by atoms with E-state index < -0.39 is 0 Å². The van der Waals surface area contributed by atoms with Crippen LogP contribution in [0.5, 0.6) is 5.75 Å². The van der Waals surface area contributed by atoms with Gasteiger partial charge in [0.1, 0.15) is 12.4 Å². The second kappa shape index (κ2) is 7.76. The predicted molar refractivity (Wildman–Crippen MR) is 101 cm³/mol. The van der Waals surface area contributed by atoms with Crippen LogP contribution < -0.4 is 15.0 Å². The molecule has 7 nitrogen and oxygen atoms in total. The minimum atomic E-state index is -0.231. The number of hydrogen-bond acceptors (Lipinski definition) is 5. The van der Waals surface area contributed by atoms with E-state index in [2.05, 4.69) is 10.2 Å². The number of benzene rings is 1. The van der Waals surface area contributed by atoms with E-state index >= 15 is 0 Å². The molecule has 1 aromatic rings. The molecule has 2 amide bonds. The Morgan fingerprint density at radius 3 is 2.85 bits per heavy atom. The Balaban J connectivity index is 1.46. The normalized spacial score (nSPS) is 22.5. The Morgan fingerprint density at radius 2 is 2.07 bits per heavy atom. The number of nitrogens with one attached hydrogen (secondary N) is 1. The summed E-state index contributed by atoms with van der Waals surface area (Å²) in [5.41, 5.74) is 1.59. The summed E-state index contributed by atoms with van der Waals surface area (Å²) < 4.78 is 11.3. The van der Waals surface area contributed by atoms with E-state index in [0.717, 1.165) is 30.8 Å². The molecule has 2 heterocycles. The standard InChI is InChI=1S/C20H27N3O4/c1-22-7-10-27-18-11-14(5-6-17(18)22)20(25)23-8-9-26-13-16(23)12-19(24)21-15-3-2-4-15/h5-6,11,15-16H,2-4,7-10,12-13H2,1H3,(H,21,24)/t16-/m1/s1. The van der Waals surface area contributed by atoms with Crippen molar-refractivity contribution < 1.29 is 19.1 Å². The second-order valence-electron chi connectivity index (χ2n) is 7.58. The third kappa shape index (κ3) is 3.88. The maximum atomic E-state index is 13.1. The first-order valence-corrected chi connectivity index (χ1v) is 9.78. The van der Waals surface area contributed by atoms with Gasteiger partial charge < -0.3 is 24.6 Å². The summed E-state index contributed by atoms with van der Waals surface area (Å²) in [4.78, 5) is 29.3. The highest BCUT2D eigenvalue weighted by Crippen LogP contribution is 2.32. The van der Waals surface area contributed by atoms with Crippen molar-refractivity contribution in [1.29, 1.82) is 0 Å². The Kier molecular flexibility index (Phi) is 5.20. The molecule has 1 saturated carbocycles. The van der Waals surface area contributed by atoms with Crippen molar-refractivity contribution in [3.8, 4) is 5.75 Å². The van der Waals surface area contributed by atoms with Crippen molar-refractivity contribution in [3.63, 3.8) is 0 Å². The van der Waals surface area contributed by atoms with Gasteiger partial charge in [-0.3, -0.25) is 9.59 Å². The topological polar surface area (TPSA) is 71.1 Å². The van der Waals surface area contributed by atoms with Crippen LogP contribution in [0.4, 0.5) is 5.69 Å². The zero-order valence-corrected chi connectivity index (χ0v) is 15.8. The van der Waals surface area contributed by atoms with Gasteiger partial charge in [-0.2, -0.15) is 0 Å². The van der Waals surface area contributed by atoms with E-state index in [-0.39, 0.29) is 24.3 Å². The summed E-state index contributed by atoms with van der Waals surface area (Å²) in [5, 5.41) is 3.05. The van der Waals surface area contributed by atoms with E-state index in [1.165, 1.54) is 6.42 Å². The molecule has 1 saturated heterocycles. The fourth-order valence-corrected chi connectivity index (χ4v) is 3.80. The van der Waals surface area contributed by atoms with Gasteiger partial charge in [-0.15, -0.1) is 0 Å². The molecule has 0 aromatic heterocycles. The van der Waals surface area contributed by atoms with Crippen molar-refractivity contribution in [2.24, 2.45) is 0 Å². The first kappa shape index (κ1) is 18.1. The van der Waals surface area contributed by atoms with Crippen LogP contribution in [0.3, 0.4) is 0 Å². The minimum Gasteiger partial charge on any atom is -0.490 e. The Labute approximate surface area is 159 Å². The lowest BCUT2D eigenvalue weighted by atomic mass is 9.93. The molecule has 146 valence electrons. The summed E-state index contributed by atoms with van der Waals surface area (Å²) in [5.74, 6) is 0.671. The van der Waals surface area contributed by atoms with E-state index in [9.17, 15) is 9.59 Å². The summed E-state index contributed by atoms with van der Waals surface area (Å²) in [6.45, 7) is 2.84. The quantitative estimate of drug-likeness (QED) is 0.864. The van der Waals surface area contributed by atoms with E-state index in [4.69, 9.17) is 9.47 Å². The van der Waals surface area contributed by atoms with E-state index in [1.807, 2.05) is 25.2 Å². The maximum absolute atomic E-state index is 13.1. The smallest absolute Gasteiger partial charge is 0.254 e. The van der Waals surface area contributed by atoms with Crippen LogP contribution in [-0.4, -0.2) is 68.8 Å². The second-order valence-corrected chi connectivity index (χ2v) is 7.58. The van der Waals surface area contributed by atoms with Gasteiger partial charge in [0.2, 0.25) is 5.91 Å². The van der Waals surface area contributed by atoms with Gasteiger partial charge in [-0.25, -0.2) is 0 Å². The number of carbonyl (C=O) groups excluding carboxylic acids is 2. The number of hydrogen-bond donors (Lipinski definition) is 1. The minimum absolute atomic E-state index is 0.00315. The summed E-state index contributed by atoms with van der Waals surface area (Å²) in [6, 6.07) is 5.66. The summed E-state index contributed by atoms with van der Waals surface area (Å²) >= 11 is 0. The van der Waals surface area contributed by atoms with Gasteiger partial charge in [0, 0.05) is 31.6 Å². The third-order valence-corrected chi connectivity index (χ3v) is 5.68. The zero-order chi connectivity index (χ0) is 18.8. The van der Waals surface area contributed by atoms with Crippen LogP contribution in [0.15, 0.2) is 18.2 Å². The maximum Gasteiger partial charge on any atom is 0.254 e. The fourth-order valence-electron chi connectivity index (χ4n) is 3.80. The van der Waals surface area contributed by atoms with Crippen LogP contribution in [0.2, 0.25) is 0 Å². The SMILES string of the molecule is CN1CCOc2cc(C(=O)N3CCOC[C@H]3CC(=O)NC3CCC3)ccc21. The van der Waals surface area contributed by atoms with Crippen molar-refractivity contribution in [2.45, 2.75) is 37.8 Å². The molecule has 0 spiro atoms. The van der Waals surface area contributed by atoms with Gasteiger partial charge in [0.05, 0.1) is 31.5 Å². The summed E-state index contributed by atoms with van der Waals surface area (Å²) in [7, 11) is 2.02. The number of anilines is 1. The van der Waals surface area contributed by atoms with Crippen molar-refractivity contribution in [2.75, 3.05) is 44.9 Å². The zero-order valence-electron chi connectivity index (χ0n) is 15.8. The molecule has 27 heavy (non-hydrogen) atoms. The van der Waals surface area contributed by atoms with Crippen LogP contribution in [0.25, 0.3) is 0 Å². The van der Waals surface area contributed by atoms with Gasteiger partial charge >= 0.3 is 0 Å². The average Bonchev–Trinajstić information content (AvgIpc) is 2.64. The number of likely N-dealkylation sites (N-methyl/N-ethyl adjacent to an activating group) is 1.